The fraction of sp³-hybridized carbons (Fsp3) is 0.875. The number of unbranched alkanes of at least 4 members (excludes halogenated alkanes) is 1. The molecular formula is C16H30N4O2. The molecule has 0 radical (unpaired) electrons. The number of piperidine rings is 1. The van der Waals surface area contributed by atoms with Crippen LogP contribution in [0.3, 0.4) is 0 Å². The lowest BCUT2D eigenvalue weighted by atomic mass is 9.92. The molecule has 0 aromatic rings. The molecule has 3 atom stereocenters. The molecule has 6 heteroatoms. The van der Waals surface area contributed by atoms with Crippen molar-refractivity contribution < 1.29 is 9.59 Å². The summed E-state index contributed by atoms with van der Waals surface area (Å²) in [6, 6.07) is -0.903. The van der Waals surface area contributed by atoms with Gasteiger partial charge in [-0.1, -0.05) is 6.42 Å². The molecule has 126 valence electrons. The minimum Gasteiger partial charge on any atom is -0.331 e. The van der Waals surface area contributed by atoms with Gasteiger partial charge < -0.3 is 21.7 Å². The first kappa shape index (κ1) is 17.4. The fourth-order valence-electron chi connectivity index (χ4n) is 3.48. The Labute approximate surface area is 133 Å². The Morgan fingerprint density at radius 3 is 2.68 bits per heavy atom. The first-order chi connectivity index (χ1) is 10.6. The van der Waals surface area contributed by atoms with Gasteiger partial charge in [0.25, 0.3) is 0 Å². The van der Waals surface area contributed by atoms with Gasteiger partial charge in [-0.25, -0.2) is 0 Å². The summed E-state index contributed by atoms with van der Waals surface area (Å²) in [5, 5.41) is 3.24. The highest BCUT2D eigenvalue weighted by atomic mass is 16.2. The molecule has 0 aromatic carbocycles. The van der Waals surface area contributed by atoms with Crippen LogP contribution in [0.15, 0.2) is 0 Å². The quantitative estimate of drug-likeness (QED) is 0.581. The van der Waals surface area contributed by atoms with Crippen LogP contribution in [0.25, 0.3) is 0 Å². The molecule has 0 saturated carbocycles. The van der Waals surface area contributed by atoms with Gasteiger partial charge in [0, 0.05) is 6.54 Å². The van der Waals surface area contributed by atoms with E-state index in [-0.39, 0.29) is 23.8 Å². The van der Waals surface area contributed by atoms with E-state index in [4.69, 9.17) is 11.5 Å². The molecule has 2 aliphatic rings. The second-order valence-electron chi connectivity index (χ2n) is 6.49. The molecule has 0 bridgehead atoms. The van der Waals surface area contributed by atoms with E-state index in [1.165, 1.54) is 0 Å². The largest absolute Gasteiger partial charge is 0.331 e. The van der Waals surface area contributed by atoms with Crippen LogP contribution in [-0.4, -0.2) is 54.4 Å². The molecule has 2 fully saturated rings. The third-order valence-electron chi connectivity index (χ3n) is 4.81. The zero-order valence-electron chi connectivity index (χ0n) is 13.4. The summed E-state index contributed by atoms with van der Waals surface area (Å²) in [5.74, 6) is 0.118. The lowest BCUT2D eigenvalue weighted by molar-refractivity contribution is -0.143. The zero-order chi connectivity index (χ0) is 15.9. The number of likely N-dealkylation sites (tertiary alicyclic amines) is 1. The third kappa shape index (κ3) is 4.27. The van der Waals surface area contributed by atoms with Crippen molar-refractivity contribution in [2.45, 2.75) is 69.5 Å². The van der Waals surface area contributed by atoms with Crippen molar-refractivity contribution in [1.29, 1.82) is 0 Å². The summed E-state index contributed by atoms with van der Waals surface area (Å²) in [6.07, 6.45) is 7.05. The van der Waals surface area contributed by atoms with E-state index in [1.807, 2.05) is 0 Å². The number of amides is 1. The minimum atomic E-state index is -0.471. The predicted molar refractivity (Wildman–Crippen MR) is 86.3 cm³/mol. The van der Waals surface area contributed by atoms with Gasteiger partial charge in [0.2, 0.25) is 5.91 Å². The molecule has 1 unspecified atom stereocenters. The van der Waals surface area contributed by atoms with Crippen LogP contribution in [0, 0.1) is 0 Å². The number of hydrogen-bond acceptors (Lipinski definition) is 5. The van der Waals surface area contributed by atoms with Gasteiger partial charge in [0.1, 0.15) is 0 Å². The van der Waals surface area contributed by atoms with Crippen LogP contribution in [0.4, 0.5) is 0 Å². The van der Waals surface area contributed by atoms with Crippen molar-refractivity contribution in [2.24, 2.45) is 11.5 Å². The number of nitrogens with one attached hydrogen (secondary N) is 1. The average Bonchev–Trinajstić information content (AvgIpc) is 3.08. The van der Waals surface area contributed by atoms with E-state index in [2.05, 4.69) is 5.32 Å². The van der Waals surface area contributed by atoms with Crippen molar-refractivity contribution in [3.8, 4) is 0 Å². The number of rotatable bonds is 7. The topological polar surface area (TPSA) is 101 Å². The Kier molecular flexibility index (Phi) is 6.79. The molecule has 2 rings (SSSR count). The Bertz CT molecular complexity index is 382. The molecular weight excluding hydrogens is 280 g/mol. The van der Waals surface area contributed by atoms with Crippen LogP contribution < -0.4 is 16.8 Å². The fourth-order valence-corrected chi connectivity index (χ4v) is 3.48. The van der Waals surface area contributed by atoms with Crippen molar-refractivity contribution in [1.82, 2.24) is 10.2 Å². The summed E-state index contributed by atoms with van der Waals surface area (Å²) in [4.78, 5) is 27.1. The molecule has 6 nitrogen and oxygen atoms in total. The lowest BCUT2D eigenvalue weighted by Crippen LogP contribution is -2.56. The van der Waals surface area contributed by atoms with Gasteiger partial charge in [-0.3, -0.25) is 9.59 Å². The van der Waals surface area contributed by atoms with Crippen molar-refractivity contribution in [2.75, 3.05) is 19.6 Å². The maximum atomic E-state index is 12.7. The van der Waals surface area contributed by atoms with E-state index in [0.29, 0.717) is 19.5 Å². The number of hydrogen-bond donors (Lipinski definition) is 3. The van der Waals surface area contributed by atoms with E-state index in [1.54, 1.807) is 4.90 Å². The highest BCUT2D eigenvalue weighted by molar-refractivity contribution is 5.94. The molecule has 5 N–H and O–H groups in total. The molecule has 0 spiro atoms. The number of nitrogens with zero attached hydrogens (tertiary/aromatic N) is 1. The third-order valence-corrected chi connectivity index (χ3v) is 4.81. The molecule has 0 aliphatic carbocycles. The van der Waals surface area contributed by atoms with Gasteiger partial charge in [-0.15, -0.1) is 0 Å². The SMILES string of the molecule is NCCCC[C@H](N)C(=O)C1CCCCN1C(=O)[C@@H]1CCCN1. The summed E-state index contributed by atoms with van der Waals surface area (Å²) < 4.78 is 0. The minimum absolute atomic E-state index is 0.0306. The maximum Gasteiger partial charge on any atom is 0.240 e. The van der Waals surface area contributed by atoms with E-state index in [9.17, 15) is 9.59 Å². The van der Waals surface area contributed by atoms with Crippen molar-refractivity contribution >= 4 is 11.7 Å². The van der Waals surface area contributed by atoms with Gasteiger partial charge >= 0.3 is 0 Å². The van der Waals surface area contributed by atoms with Crippen LogP contribution in [0.2, 0.25) is 0 Å². The van der Waals surface area contributed by atoms with Gasteiger partial charge in [-0.05, 0) is 58.0 Å². The molecule has 22 heavy (non-hydrogen) atoms. The number of carbonyl (C=O) groups excluding carboxylic acids is 2. The number of ketones is 1. The van der Waals surface area contributed by atoms with Crippen LogP contribution in [-0.2, 0) is 9.59 Å². The first-order valence-corrected chi connectivity index (χ1v) is 8.68. The van der Waals surface area contributed by atoms with Crippen LogP contribution in [0.1, 0.15) is 51.4 Å². The first-order valence-electron chi connectivity index (χ1n) is 8.68. The standard InChI is InChI=1S/C16H30N4O2/c17-9-3-1-6-12(18)15(21)14-8-2-4-11-20(14)16(22)13-7-5-10-19-13/h12-14,19H,1-11,17-18H2/t12-,13-,14?/m0/s1. The Balaban J connectivity index is 1.95. The van der Waals surface area contributed by atoms with Gasteiger partial charge in [0.05, 0.1) is 18.1 Å². The Morgan fingerprint density at radius 2 is 2.00 bits per heavy atom. The van der Waals surface area contributed by atoms with Crippen molar-refractivity contribution in [3.05, 3.63) is 0 Å². The normalized spacial score (nSPS) is 26.9. The molecule has 1 amide bonds. The Morgan fingerprint density at radius 1 is 1.18 bits per heavy atom. The molecule has 2 saturated heterocycles. The monoisotopic (exact) mass is 310 g/mol. The predicted octanol–water partition coefficient (Wildman–Crippen LogP) is 0.145. The number of carbonyl (C=O) groups is 2. The van der Waals surface area contributed by atoms with Crippen molar-refractivity contribution in [3.63, 3.8) is 0 Å². The number of Topliss-reactive ketones (excluding diaryl/α,β-unsaturated/α-hetero) is 1. The molecule has 2 aliphatic heterocycles. The smallest absolute Gasteiger partial charge is 0.240 e. The highest BCUT2D eigenvalue weighted by Crippen LogP contribution is 2.22. The number of nitrogens with two attached hydrogens (primary N) is 2. The summed E-state index contributed by atoms with van der Waals surface area (Å²) in [7, 11) is 0. The second-order valence-corrected chi connectivity index (χ2v) is 6.49. The van der Waals surface area contributed by atoms with Crippen LogP contribution >= 0.6 is 0 Å². The van der Waals surface area contributed by atoms with Gasteiger partial charge in [0.15, 0.2) is 5.78 Å². The van der Waals surface area contributed by atoms with E-state index >= 15 is 0 Å². The molecule has 0 aromatic heterocycles. The van der Waals surface area contributed by atoms with E-state index < -0.39 is 6.04 Å². The summed E-state index contributed by atoms with van der Waals surface area (Å²) in [5.41, 5.74) is 11.5. The Hall–Kier alpha value is -0.980. The summed E-state index contributed by atoms with van der Waals surface area (Å²) in [6.45, 7) is 2.20. The summed E-state index contributed by atoms with van der Waals surface area (Å²) >= 11 is 0. The van der Waals surface area contributed by atoms with E-state index in [0.717, 1.165) is 51.5 Å². The second kappa shape index (κ2) is 8.60. The maximum absolute atomic E-state index is 12.7. The zero-order valence-corrected chi connectivity index (χ0v) is 13.4. The van der Waals surface area contributed by atoms with Crippen LogP contribution in [0.5, 0.6) is 0 Å². The lowest BCUT2D eigenvalue weighted by Gasteiger charge is -2.37. The average molecular weight is 310 g/mol. The molecule has 2 heterocycles. The van der Waals surface area contributed by atoms with Gasteiger partial charge in [-0.2, -0.15) is 0 Å². The highest BCUT2D eigenvalue weighted by Gasteiger charge is 2.37.